The van der Waals surface area contributed by atoms with E-state index in [1.54, 1.807) is 20.1 Å². The Bertz CT molecular complexity index is 1330. The lowest BCUT2D eigenvalue weighted by Crippen LogP contribution is -2.46. The molecule has 2 bridgehead atoms. The second-order valence-electron chi connectivity index (χ2n) is 10.5. The molecule has 2 amide bonds. The molecule has 3 aromatic carbocycles. The van der Waals surface area contributed by atoms with E-state index in [0.717, 1.165) is 37.1 Å². The summed E-state index contributed by atoms with van der Waals surface area (Å²) in [5, 5.41) is 0.715. The summed E-state index contributed by atoms with van der Waals surface area (Å²) >= 11 is 6.15. The van der Waals surface area contributed by atoms with Gasteiger partial charge >= 0.3 is 0 Å². The summed E-state index contributed by atoms with van der Waals surface area (Å²) in [6.45, 7) is 3.91. The maximum atomic E-state index is 13.7. The standard InChI is InChI=1S/C32H36ClN3O4/c1-23(37)35-17-16-27-14-15-28(36(27)19-24-10-12-26(33)13-11-24)21-34(20-25-6-3-4-9-31(25)35)32(38)22-40-30-8-5-7-29(18-30)39-2/h3-13,18,27-28H,14-17,19-22H2,1-2H3/t27-,28+/m1/s1. The van der Waals surface area contributed by atoms with E-state index in [-0.39, 0.29) is 24.5 Å². The number of fused-ring (bicyclic) bond motifs is 3. The van der Waals surface area contributed by atoms with Gasteiger partial charge in [0.2, 0.25) is 5.91 Å². The van der Waals surface area contributed by atoms with E-state index in [1.165, 1.54) is 5.56 Å². The summed E-state index contributed by atoms with van der Waals surface area (Å²) in [4.78, 5) is 32.8. The van der Waals surface area contributed by atoms with Gasteiger partial charge in [0, 0.05) is 62.0 Å². The van der Waals surface area contributed by atoms with Crippen LogP contribution in [-0.4, -0.2) is 60.5 Å². The summed E-state index contributed by atoms with van der Waals surface area (Å²) in [7, 11) is 1.60. The van der Waals surface area contributed by atoms with Gasteiger partial charge in [0.15, 0.2) is 6.61 Å². The van der Waals surface area contributed by atoms with E-state index in [2.05, 4.69) is 17.0 Å². The molecule has 5 rings (SSSR count). The molecule has 2 atom stereocenters. The van der Waals surface area contributed by atoms with Crippen molar-refractivity contribution in [2.24, 2.45) is 0 Å². The van der Waals surface area contributed by atoms with Gasteiger partial charge in [0.25, 0.3) is 5.91 Å². The third kappa shape index (κ3) is 6.60. The third-order valence-electron chi connectivity index (χ3n) is 7.95. The minimum absolute atomic E-state index is 0.00438. The van der Waals surface area contributed by atoms with Crippen LogP contribution in [0.25, 0.3) is 0 Å². The number of halogens is 1. The molecule has 0 saturated carbocycles. The minimum Gasteiger partial charge on any atom is -0.497 e. The lowest BCUT2D eigenvalue weighted by atomic mass is 10.1. The van der Waals surface area contributed by atoms with Crippen LogP contribution in [0.1, 0.15) is 37.3 Å². The summed E-state index contributed by atoms with van der Waals surface area (Å²) in [5.41, 5.74) is 3.00. The van der Waals surface area contributed by atoms with Crippen LogP contribution in [0.2, 0.25) is 5.02 Å². The van der Waals surface area contributed by atoms with Crippen LogP contribution in [0, 0.1) is 0 Å². The minimum atomic E-state index is -0.0962. The van der Waals surface area contributed by atoms with Gasteiger partial charge in [0.1, 0.15) is 11.5 Å². The molecule has 1 saturated heterocycles. The number of anilines is 1. The molecule has 2 heterocycles. The van der Waals surface area contributed by atoms with E-state index in [9.17, 15) is 9.59 Å². The highest BCUT2D eigenvalue weighted by atomic mass is 35.5. The van der Waals surface area contributed by atoms with Gasteiger partial charge in [-0.05, 0) is 60.7 Å². The number of rotatable bonds is 6. The van der Waals surface area contributed by atoms with Crippen LogP contribution in [0.3, 0.4) is 0 Å². The molecule has 2 aliphatic rings. The number of ether oxygens (including phenoxy) is 2. The molecule has 0 aromatic heterocycles. The Balaban J connectivity index is 1.44. The first-order valence-electron chi connectivity index (χ1n) is 13.8. The number of para-hydroxylation sites is 1. The molecular weight excluding hydrogens is 526 g/mol. The third-order valence-corrected chi connectivity index (χ3v) is 8.20. The summed E-state index contributed by atoms with van der Waals surface area (Å²) < 4.78 is 11.2. The molecule has 8 heteroatoms. The first-order valence-corrected chi connectivity index (χ1v) is 14.2. The van der Waals surface area contributed by atoms with E-state index in [1.807, 2.05) is 64.4 Å². The predicted octanol–water partition coefficient (Wildman–Crippen LogP) is 5.55. The molecule has 0 radical (unpaired) electrons. The zero-order chi connectivity index (χ0) is 28.1. The van der Waals surface area contributed by atoms with Crippen molar-refractivity contribution in [1.82, 2.24) is 9.80 Å². The Morgan fingerprint density at radius 3 is 2.45 bits per heavy atom. The maximum absolute atomic E-state index is 13.7. The van der Waals surface area contributed by atoms with Crippen molar-refractivity contribution in [2.75, 3.05) is 31.7 Å². The molecule has 210 valence electrons. The molecule has 40 heavy (non-hydrogen) atoms. The van der Waals surface area contributed by atoms with Crippen molar-refractivity contribution >= 4 is 29.1 Å². The molecule has 0 N–H and O–H groups in total. The van der Waals surface area contributed by atoms with Gasteiger partial charge < -0.3 is 19.3 Å². The van der Waals surface area contributed by atoms with Crippen LogP contribution < -0.4 is 14.4 Å². The number of carbonyl (C=O) groups excluding carboxylic acids is 2. The normalized spacial score (nSPS) is 19.5. The largest absolute Gasteiger partial charge is 0.497 e. The van der Waals surface area contributed by atoms with Crippen LogP contribution >= 0.6 is 11.6 Å². The monoisotopic (exact) mass is 561 g/mol. The van der Waals surface area contributed by atoms with Crippen LogP contribution in [0.5, 0.6) is 11.5 Å². The van der Waals surface area contributed by atoms with E-state index in [4.69, 9.17) is 21.1 Å². The molecule has 7 nitrogen and oxygen atoms in total. The summed E-state index contributed by atoms with van der Waals surface area (Å²) in [6, 6.07) is 23.6. The van der Waals surface area contributed by atoms with E-state index >= 15 is 0 Å². The fraction of sp³-hybridized carbons (Fsp3) is 0.375. The predicted molar refractivity (Wildman–Crippen MR) is 157 cm³/mol. The molecule has 3 aromatic rings. The first kappa shape index (κ1) is 28.0. The Kier molecular flexibility index (Phi) is 8.92. The number of methoxy groups -OCH3 is 1. The highest BCUT2D eigenvalue weighted by molar-refractivity contribution is 6.30. The van der Waals surface area contributed by atoms with Crippen LogP contribution in [-0.2, 0) is 22.7 Å². The van der Waals surface area contributed by atoms with Crippen LogP contribution in [0.4, 0.5) is 5.69 Å². The van der Waals surface area contributed by atoms with Gasteiger partial charge in [-0.15, -0.1) is 0 Å². The number of amides is 2. The zero-order valence-electron chi connectivity index (χ0n) is 23.1. The molecule has 0 spiro atoms. The summed E-state index contributed by atoms with van der Waals surface area (Å²) in [5.74, 6) is 1.16. The number of nitrogens with zero attached hydrogens (tertiary/aromatic N) is 3. The van der Waals surface area contributed by atoms with E-state index in [0.29, 0.717) is 42.2 Å². The Hall–Kier alpha value is -3.55. The molecule has 0 aliphatic carbocycles. The first-order chi connectivity index (χ1) is 19.4. The molecule has 1 fully saturated rings. The molecule has 2 aliphatic heterocycles. The average molecular weight is 562 g/mol. The lowest BCUT2D eigenvalue weighted by molar-refractivity contribution is -0.134. The topological polar surface area (TPSA) is 62.3 Å². The number of carbonyl (C=O) groups is 2. The number of hydrogen-bond donors (Lipinski definition) is 0. The van der Waals surface area contributed by atoms with Crippen molar-refractivity contribution in [3.8, 4) is 11.5 Å². The van der Waals surface area contributed by atoms with E-state index < -0.39 is 0 Å². The summed E-state index contributed by atoms with van der Waals surface area (Å²) in [6.07, 6.45) is 2.87. The number of hydrogen-bond acceptors (Lipinski definition) is 5. The SMILES string of the molecule is COc1cccc(OCC(=O)N2Cc3ccccc3N(C(C)=O)CC[C@H]3CC[C@@H](C2)N3Cc2ccc(Cl)cc2)c1. The van der Waals surface area contributed by atoms with Gasteiger partial charge in [-0.1, -0.05) is 48.0 Å². The second-order valence-corrected chi connectivity index (χ2v) is 11.0. The van der Waals surface area contributed by atoms with Crippen LogP contribution in [0.15, 0.2) is 72.8 Å². The number of benzene rings is 3. The Morgan fingerprint density at radius 1 is 0.925 bits per heavy atom. The highest BCUT2D eigenvalue weighted by Gasteiger charge is 2.36. The van der Waals surface area contributed by atoms with Crippen molar-refractivity contribution in [3.63, 3.8) is 0 Å². The smallest absolute Gasteiger partial charge is 0.260 e. The van der Waals surface area contributed by atoms with Crippen molar-refractivity contribution in [2.45, 2.75) is 51.4 Å². The van der Waals surface area contributed by atoms with Crippen molar-refractivity contribution in [3.05, 3.63) is 88.9 Å². The molecular formula is C32H36ClN3O4. The van der Waals surface area contributed by atoms with Gasteiger partial charge in [-0.25, -0.2) is 0 Å². The van der Waals surface area contributed by atoms with Gasteiger partial charge in [0.05, 0.1) is 7.11 Å². The quantitative estimate of drug-likeness (QED) is 0.395. The second kappa shape index (κ2) is 12.7. The Labute approximate surface area is 241 Å². The van der Waals surface area contributed by atoms with Gasteiger partial charge in [-0.3, -0.25) is 14.5 Å². The highest BCUT2D eigenvalue weighted by Crippen LogP contribution is 2.33. The lowest BCUT2D eigenvalue weighted by Gasteiger charge is -2.34. The Morgan fingerprint density at radius 2 is 1.68 bits per heavy atom. The average Bonchev–Trinajstić information content (AvgIpc) is 3.32. The van der Waals surface area contributed by atoms with Gasteiger partial charge in [-0.2, -0.15) is 0 Å². The zero-order valence-corrected chi connectivity index (χ0v) is 23.8. The fourth-order valence-electron chi connectivity index (χ4n) is 5.86. The maximum Gasteiger partial charge on any atom is 0.260 e. The van der Waals surface area contributed by atoms with Crippen molar-refractivity contribution < 1.29 is 19.1 Å². The fourth-order valence-corrected chi connectivity index (χ4v) is 5.98. The molecule has 0 unspecified atom stereocenters. The van der Waals surface area contributed by atoms with Crippen molar-refractivity contribution in [1.29, 1.82) is 0 Å².